The number of guanidine groups is 1. The van der Waals surface area contributed by atoms with Crippen molar-refractivity contribution in [3.8, 4) is 5.75 Å². The van der Waals surface area contributed by atoms with Crippen LogP contribution in [-0.4, -0.2) is 74.6 Å². The highest BCUT2D eigenvalue weighted by Gasteiger charge is 2.38. The Hall–Kier alpha value is -1.10. The summed E-state index contributed by atoms with van der Waals surface area (Å²) in [4.78, 5) is 7.56. The number of morpholine rings is 1. The van der Waals surface area contributed by atoms with Gasteiger partial charge < -0.3 is 25.2 Å². The number of ether oxygens (including phenoxy) is 2. The van der Waals surface area contributed by atoms with Crippen molar-refractivity contribution < 1.29 is 14.6 Å². The molecule has 0 amide bonds. The minimum absolute atomic E-state index is 0. The van der Waals surface area contributed by atoms with E-state index in [1.54, 1.807) is 7.11 Å². The number of nitrogens with one attached hydrogen (secondary N) is 2. The molecule has 31 heavy (non-hydrogen) atoms. The van der Waals surface area contributed by atoms with Gasteiger partial charge in [-0.05, 0) is 37.5 Å². The molecule has 176 valence electrons. The largest absolute Gasteiger partial charge is 0.497 e. The van der Waals surface area contributed by atoms with Gasteiger partial charge in [0.25, 0.3) is 0 Å². The molecule has 0 aromatic heterocycles. The second kappa shape index (κ2) is 13.4. The first-order chi connectivity index (χ1) is 14.7. The van der Waals surface area contributed by atoms with Crippen LogP contribution in [0.4, 0.5) is 0 Å². The molecule has 1 unspecified atom stereocenters. The Morgan fingerprint density at radius 3 is 2.45 bits per heavy atom. The monoisotopic (exact) mass is 546 g/mol. The maximum absolute atomic E-state index is 10.6. The topological polar surface area (TPSA) is 78.4 Å². The SMILES string of the molecule is CCNC(=NCC1(N2CCOCC2)CCCCC1)NCC(O)c1ccc(OC)cc1.I. The number of benzene rings is 1. The van der Waals surface area contributed by atoms with Gasteiger partial charge in [-0.2, -0.15) is 0 Å². The van der Waals surface area contributed by atoms with Crippen molar-refractivity contribution in [2.75, 3.05) is 53.0 Å². The maximum Gasteiger partial charge on any atom is 0.191 e. The smallest absolute Gasteiger partial charge is 0.191 e. The number of hydrogen-bond acceptors (Lipinski definition) is 5. The van der Waals surface area contributed by atoms with Gasteiger partial charge in [-0.1, -0.05) is 31.4 Å². The third-order valence-corrected chi connectivity index (χ3v) is 6.31. The number of aliphatic hydroxyl groups excluding tert-OH is 1. The van der Waals surface area contributed by atoms with Crippen LogP contribution in [-0.2, 0) is 4.74 Å². The van der Waals surface area contributed by atoms with E-state index in [1.165, 1.54) is 32.1 Å². The fourth-order valence-electron chi connectivity index (χ4n) is 4.53. The van der Waals surface area contributed by atoms with Crippen molar-refractivity contribution in [2.45, 2.75) is 50.7 Å². The molecule has 1 aromatic carbocycles. The second-order valence-electron chi connectivity index (χ2n) is 8.25. The fraction of sp³-hybridized carbons (Fsp3) is 0.696. The average molecular weight is 546 g/mol. The molecule has 0 bridgehead atoms. The molecule has 8 heteroatoms. The highest BCUT2D eigenvalue weighted by Crippen LogP contribution is 2.34. The number of aliphatic imine (C=N–C) groups is 1. The van der Waals surface area contributed by atoms with Crippen molar-refractivity contribution in [3.05, 3.63) is 29.8 Å². The molecule has 7 nitrogen and oxygen atoms in total. The van der Waals surface area contributed by atoms with Gasteiger partial charge in [0.15, 0.2) is 5.96 Å². The standard InChI is InChI=1S/C23H38N4O3.HI/c1-3-24-22(25-17-21(28)19-7-9-20(29-2)10-8-19)26-18-23(11-5-4-6-12-23)27-13-15-30-16-14-27;/h7-10,21,28H,3-6,11-18H2,1-2H3,(H2,24,25,26);1H. The predicted molar refractivity (Wildman–Crippen MR) is 136 cm³/mol. The lowest BCUT2D eigenvalue weighted by atomic mass is 9.80. The molecule has 0 spiro atoms. The van der Waals surface area contributed by atoms with Crippen molar-refractivity contribution in [1.29, 1.82) is 0 Å². The summed E-state index contributed by atoms with van der Waals surface area (Å²) in [6, 6.07) is 7.52. The van der Waals surface area contributed by atoms with Crippen LogP contribution in [0.15, 0.2) is 29.3 Å². The molecule has 1 atom stereocenters. The predicted octanol–water partition coefficient (Wildman–Crippen LogP) is 2.94. The summed E-state index contributed by atoms with van der Waals surface area (Å²) in [5.41, 5.74) is 0.995. The highest BCUT2D eigenvalue weighted by molar-refractivity contribution is 14.0. The molecule has 3 N–H and O–H groups in total. The molecule has 1 aromatic rings. The van der Waals surface area contributed by atoms with Gasteiger partial charge in [0, 0.05) is 31.7 Å². The van der Waals surface area contributed by atoms with Crippen LogP contribution < -0.4 is 15.4 Å². The summed E-state index contributed by atoms with van der Waals surface area (Å²) in [7, 11) is 1.64. The van der Waals surface area contributed by atoms with Gasteiger partial charge in [-0.25, -0.2) is 0 Å². The van der Waals surface area contributed by atoms with E-state index in [1.807, 2.05) is 24.3 Å². The van der Waals surface area contributed by atoms with Crippen LogP contribution in [0, 0.1) is 0 Å². The lowest BCUT2D eigenvalue weighted by molar-refractivity contribution is -0.0333. The lowest BCUT2D eigenvalue weighted by Gasteiger charge is -2.47. The van der Waals surface area contributed by atoms with Crippen LogP contribution >= 0.6 is 24.0 Å². The molecule has 1 aliphatic carbocycles. The Bertz CT molecular complexity index is 659. The minimum atomic E-state index is -0.609. The van der Waals surface area contributed by atoms with Crippen molar-refractivity contribution in [1.82, 2.24) is 15.5 Å². The Kier molecular flexibility index (Phi) is 11.3. The van der Waals surface area contributed by atoms with E-state index >= 15 is 0 Å². The number of nitrogens with zero attached hydrogens (tertiary/aromatic N) is 2. The Labute approximate surface area is 204 Å². The van der Waals surface area contributed by atoms with E-state index in [2.05, 4.69) is 22.5 Å². The number of rotatable bonds is 8. The molecule has 1 saturated heterocycles. The normalized spacial score (nSPS) is 20.4. The molecular weight excluding hydrogens is 507 g/mol. The van der Waals surface area contributed by atoms with Gasteiger partial charge in [0.05, 0.1) is 33.0 Å². The van der Waals surface area contributed by atoms with Crippen LogP contribution in [0.3, 0.4) is 0 Å². The van der Waals surface area contributed by atoms with Crippen LogP contribution in [0.5, 0.6) is 5.75 Å². The van der Waals surface area contributed by atoms with Crippen LogP contribution in [0.1, 0.15) is 50.7 Å². The Morgan fingerprint density at radius 2 is 1.84 bits per heavy atom. The molecular formula is C23H39IN4O3. The van der Waals surface area contributed by atoms with E-state index in [4.69, 9.17) is 14.5 Å². The quantitative estimate of drug-likeness (QED) is 0.265. The van der Waals surface area contributed by atoms with Crippen LogP contribution in [0.25, 0.3) is 0 Å². The van der Waals surface area contributed by atoms with Crippen molar-refractivity contribution in [2.24, 2.45) is 4.99 Å². The van der Waals surface area contributed by atoms with E-state index in [0.717, 1.165) is 56.7 Å². The zero-order valence-corrected chi connectivity index (χ0v) is 21.3. The third kappa shape index (κ3) is 7.47. The average Bonchev–Trinajstić information content (AvgIpc) is 2.82. The third-order valence-electron chi connectivity index (χ3n) is 6.31. The van der Waals surface area contributed by atoms with Crippen molar-refractivity contribution >= 4 is 29.9 Å². The molecule has 2 aliphatic rings. The summed E-state index contributed by atoms with van der Waals surface area (Å²) in [5.74, 6) is 1.55. The zero-order valence-electron chi connectivity index (χ0n) is 18.9. The first-order valence-corrected chi connectivity index (χ1v) is 11.3. The first kappa shape index (κ1) is 26.2. The molecule has 1 saturated carbocycles. The summed E-state index contributed by atoms with van der Waals surface area (Å²) < 4.78 is 10.8. The number of halogens is 1. The summed E-state index contributed by atoms with van der Waals surface area (Å²) in [5, 5.41) is 17.2. The number of aliphatic hydroxyl groups is 1. The fourth-order valence-corrected chi connectivity index (χ4v) is 4.53. The summed E-state index contributed by atoms with van der Waals surface area (Å²) in [6.45, 7) is 7.66. The van der Waals surface area contributed by atoms with Crippen molar-refractivity contribution in [3.63, 3.8) is 0 Å². The molecule has 3 rings (SSSR count). The molecule has 0 radical (unpaired) electrons. The molecule has 2 fully saturated rings. The van der Waals surface area contributed by atoms with E-state index in [9.17, 15) is 5.11 Å². The zero-order chi connectivity index (χ0) is 21.2. The number of hydrogen-bond donors (Lipinski definition) is 3. The van der Waals surface area contributed by atoms with Gasteiger partial charge in [0.2, 0.25) is 0 Å². The minimum Gasteiger partial charge on any atom is -0.497 e. The second-order valence-corrected chi connectivity index (χ2v) is 8.25. The Morgan fingerprint density at radius 1 is 1.16 bits per heavy atom. The van der Waals surface area contributed by atoms with Gasteiger partial charge >= 0.3 is 0 Å². The van der Waals surface area contributed by atoms with E-state index < -0.39 is 6.10 Å². The van der Waals surface area contributed by atoms with Gasteiger partial charge in [0.1, 0.15) is 5.75 Å². The van der Waals surface area contributed by atoms with E-state index in [-0.39, 0.29) is 29.5 Å². The maximum atomic E-state index is 10.6. The summed E-state index contributed by atoms with van der Waals surface area (Å²) >= 11 is 0. The van der Waals surface area contributed by atoms with Crippen LogP contribution in [0.2, 0.25) is 0 Å². The lowest BCUT2D eigenvalue weighted by Crippen LogP contribution is -2.56. The Balaban J connectivity index is 0.00000341. The highest BCUT2D eigenvalue weighted by atomic mass is 127. The van der Waals surface area contributed by atoms with Gasteiger partial charge in [-0.3, -0.25) is 9.89 Å². The molecule has 1 heterocycles. The number of methoxy groups -OCH3 is 1. The van der Waals surface area contributed by atoms with E-state index in [0.29, 0.717) is 6.54 Å². The van der Waals surface area contributed by atoms with Gasteiger partial charge in [-0.15, -0.1) is 24.0 Å². The first-order valence-electron chi connectivity index (χ1n) is 11.3. The molecule has 1 aliphatic heterocycles. The summed E-state index contributed by atoms with van der Waals surface area (Å²) in [6.07, 6.45) is 5.65.